The first-order valence-corrected chi connectivity index (χ1v) is 8.89. The van der Waals surface area contributed by atoms with Gasteiger partial charge >= 0.3 is 5.97 Å². The van der Waals surface area contributed by atoms with Gasteiger partial charge in [-0.05, 0) is 43.0 Å². The molecule has 0 aliphatic heterocycles. The van der Waals surface area contributed by atoms with Crippen LogP contribution in [-0.2, 0) is 14.3 Å². The highest BCUT2D eigenvalue weighted by molar-refractivity contribution is 5.89. The first-order valence-electron chi connectivity index (χ1n) is 8.89. The quantitative estimate of drug-likeness (QED) is 0.597. The van der Waals surface area contributed by atoms with E-state index in [0.29, 0.717) is 23.0 Å². The predicted octanol–water partition coefficient (Wildman–Crippen LogP) is 2.96. The summed E-state index contributed by atoms with van der Waals surface area (Å²) in [6, 6.07) is 5.44. The molecule has 0 saturated heterocycles. The second-order valence-corrected chi connectivity index (χ2v) is 6.48. The Hall–Kier alpha value is -2.50. The van der Waals surface area contributed by atoms with Gasteiger partial charge in [-0.2, -0.15) is 0 Å². The fourth-order valence-electron chi connectivity index (χ4n) is 3.09. The topological polar surface area (TPSA) is 73.9 Å². The molecule has 1 aliphatic rings. The Morgan fingerprint density at radius 2 is 1.96 bits per heavy atom. The van der Waals surface area contributed by atoms with E-state index in [1.54, 1.807) is 38.5 Å². The van der Waals surface area contributed by atoms with Crippen molar-refractivity contribution >= 4 is 18.0 Å². The Kier molecular flexibility index (Phi) is 7.51. The Morgan fingerprint density at radius 3 is 2.65 bits per heavy atom. The van der Waals surface area contributed by atoms with Crippen LogP contribution in [0.5, 0.6) is 11.5 Å². The molecule has 1 aliphatic carbocycles. The van der Waals surface area contributed by atoms with E-state index in [1.807, 2.05) is 0 Å². The van der Waals surface area contributed by atoms with Gasteiger partial charge in [0.05, 0.1) is 14.2 Å². The molecule has 142 valence electrons. The molecule has 0 radical (unpaired) electrons. The molecule has 0 bridgehead atoms. The third-order valence-electron chi connectivity index (χ3n) is 4.64. The van der Waals surface area contributed by atoms with Crippen LogP contribution >= 0.6 is 0 Å². The van der Waals surface area contributed by atoms with E-state index in [4.69, 9.17) is 14.2 Å². The molecule has 2 atom stereocenters. The number of ether oxygens (including phenoxy) is 3. The van der Waals surface area contributed by atoms with Gasteiger partial charge in [-0.15, -0.1) is 0 Å². The number of rotatable bonds is 7. The van der Waals surface area contributed by atoms with E-state index in [2.05, 4.69) is 12.2 Å². The molecule has 26 heavy (non-hydrogen) atoms. The van der Waals surface area contributed by atoms with Crippen molar-refractivity contribution in [3.63, 3.8) is 0 Å². The van der Waals surface area contributed by atoms with Crippen molar-refractivity contribution in [1.29, 1.82) is 0 Å². The number of carbonyl (C=O) groups excluding carboxylic acids is 2. The molecule has 2 rings (SSSR count). The van der Waals surface area contributed by atoms with E-state index in [0.717, 1.165) is 19.3 Å². The van der Waals surface area contributed by atoms with Gasteiger partial charge in [0.2, 0.25) is 0 Å². The van der Waals surface area contributed by atoms with Crippen molar-refractivity contribution in [2.24, 2.45) is 5.92 Å². The van der Waals surface area contributed by atoms with Gasteiger partial charge in [0.1, 0.15) is 11.5 Å². The van der Waals surface area contributed by atoms with Crippen molar-refractivity contribution in [2.75, 3.05) is 20.8 Å². The molecule has 1 fully saturated rings. The Bertz CT molecular complexity index is 656. The SMILES string of the molecule is COc1ccc(OC)c(/C=C/C(=O)OCC(=O)N[C@@H]2CCCC[C@H]2C)c1. The maximum atomic E-state index is 12.0. The number of methoxy groups -OCH3 is 2. The van der Waals surface area contributed by atoms with E-state index in [1.165, 1.54) is 12.5 Å². The van der Waals surface area contributed by atoms with Crippen LogP contribution in [0.25, 0.3) is 6.08 Å². The zero-order valence-electron chi connectivity index (χ0n) is 15.6. The highest BCUT2D eigenvalue weighted by Gasteiger charge is 2.22. The van der Waals surface area contributed by atoms with Gasteiger partial charge in [-0.3, -0.25) is 4.79 Å². The average molecular weight is 361 g/mol. The van der Waals surface area contributed by atoms with Gasteiger partial charge in [0, 0.05) is 17.7 Å². The van der Waals surface area contributed by atoms with Crippen LogP contribution in [0.1, 0.15) is 38.2 Å². The molecule has 1 N–H and O–H groups in total. The molecular weight excluding hydrogens is 334 g/mol. The summed E-state index contributed by atoms with van der Waals surface area (Å²) < 4.78 is 15.4. The molecule has 0 heterocycles. The lowest BCUT2D eigenvalue weighted by Gasteiger charge is -2.29. The van der Waals surface area contributed by atoms with Crippen LogP contribution < -0.4 is 14.8 Å². The second-order valence-electron chi connectivity index (χ2n) is 6.48. The van der Waals surface area contributed by atoms with Crippen LogP contribution in [0.4, 0.5) is 0 Å². The highest BCUT2D eigenvalue weighted by atomic mass is 16.5. The summed E-state index contributed by atoms with van der Waals surface area (Å²) in [6.07, 6.45) is 7.28. The zero-order valence-corrected chi connectivity index (χ0v) is 15.6. The summed E-state index contributed by atoms with van der Waals surface area (Å²) in [4.78, 5) is 23.8. The number of nitrogens with one attached hydrogen (secondary N) is 1. The Labute approximate surface area is 154 Å². The molecular formula is C20H27NO5. The van der Waals surface area contributed by atoms with Crippen LogP contribution in [0.15, 0.2) is 24.3 Å². The zero-order chi connectivity index (χ0) is 18.9. The molecule has 1 aromatic carbocycles. The van der Waals surface area contributed by atoms with Gasteiger partial charge in [0.25, 0.3) is 5.91 Å². The maximum absolute atomic E-state index is 12.0. The minimum absolute atomic E-state index is 0.173. The normalized spacial score (nSPS) is 19.8. The number of esters is 1. The van der Waals surface area contributed by atoms with Crippen molar-refractivity contribution in [1.82, 2.24) is 5.32 Å². The first-order chi connectivity index (χ1) is 12.5. The van der Waals surface area contributed by atoms with E-state index < -0.39 is 5.97 Å². The predicted molar refractivity (Wildman–Crippen MR) is 99.1 cm³/mol. The van der Waals surface area contributed by atoms with Crippen molar-refractivity contribution in [3.8, 4) is 11.5 Å². The van der Waals surface area contributed by atoms with Crippen molar-refractivity contribution in [2.45, 2.75) is 38.6 Å². The molecule has 6 heteroatoms. The van der Waals surface area contributed by atoms with Gasteiger partial charge in [0.15, 0.2) is 6.61 Å². The lowest BCUT2D eigenvalue weighted by Crippen LogP contribution is -2.42. The van der Waals surface area contributed by atoms with Gasteiger partial charge < -0.3 is 19.5 Å². The van der Waals surface area contributed by atoms with E-state index in [9.17, 15) is 9.59 Å². The number of amides is 1. The van der Waals surface area contributed by atoms with Gasteiger partial charge in [-0.25, -0.2) is 4.79 Å². The second kappa shape index (κ2) is 9.85. The van der Waals surface area contributed by atoms with Crippen molar-refractivity contribution in [3.05, 3.63) is 29.8 Å². The lowest BCUT2D eigenvalue weighted by atomic mass is 9.86. The summed E-state index contributed by atoms with van der Waals surface area (Å²) >= 11 is 0. The van der Waals surface area contributed by atoms with E-state index in [-0.39, 0.29) is 18.6 Å². The fourth-order valence-corrected chi connectivity index (χ4v) is 3.09. The van der Waals surface area contributed by atoms with Gasteiger partial charge in [-0.1, -0.05) is 19.8 Å². The molecule has 0 unspecified atom stereocenters. The standard InChI is InChI=1S/C20H27NO5/c1-14-6-4-5-7-17(14)21-19(22)13-26-20(23)11-8-15-12-16(24-2)9-10-18(15)25-3/h8-12,14,17H,4-7,13H2,1-3H3,(H,21,22)/b11-8+/t14-,17-/m1/s1. The number of benzene rings is 1. The first kappa shape index (κ1) is 19.8. The van der Waals surface area contributed by atoms with Crippen LogP contribution in [-0.4, -0.2) is 38.7 Å². The van der Waals surface area contributed by atoms with E-state index >= 15 is 0 Å². The molecule has 0 aromatic heterocycles. The maximum Gasteiger partial charge on any atom is 0.331 e. The molecule has 0 spiro atoms. The summed E-state index contributed by atoms with van der Waals surface area (Å²) in [6.45, 7) is 1.86. The minimum Gasteiger partial charge on any atom is -0.497 e. The minimum atomic E-state index is -0.582. The van der Waals surface area contributed by atoms with Crippen LogP contribution in [0, 0.1) is 5.92 Å². The largest absolute Gasteiger partial charge is 0.497 e. The van der Waals surface area contributed by atoms with Crippen molar-refractivity contribution < 1.29 is 23.8 Å². The number of carbonyl (C=O) groups is 2. The molecule has 6 nitrogen and oxygen atoms in total. The fraction of sp³-hybridized carbons (Fsp3) is 0.500. The Morgan fingerprint density at radius 1 is 1.19 bits per heavy atom. The third kappa shape index (κ3) is 5.79. The third-order valence-corrected chi connectivity index (χ3v) is 4.64. The highest BCUT2D eigenvalue weighted by Crippen LogP contribution is 2.25. The monoisotopic (exact) mass is 361 g/mol. The summed E-state index contributed by atoms with van der Waals surface area (Å²) in [5.41, 5.74) is 0.685. The smallest absolute Gasteiger partial charge is 0.331 e. The Balaban J connectivity index is 1.84. The molecule has 1 saturated carbocycles. The summed E-state index contributed by atoms with van der Waals surface area (Å²) in [7, 11) is 3.11. The summed E-state index contributed by atoms with van der Waals surface area (Å²) in [5, 5.41) is 2.95. The van der Waals surface area contributed by atoms with Crippen LogP contribution in [0.2, 0.25) is 0 Å². The van der Waals surface area contributed by atoms with Crippen LogP contribution in [0.3, 0.4) is 0 Å². The lowest BCUT2D eigenvalue weighted by molar-refractivity contribution is -0.144. The summed E-state index contributed by atoms with van der Waals surface area (Å²) in [5.74, 6) is 0.883. The number of hydrogen-bond donors (Lipinski definition) is 1. The average Bonchev–Trinajstić information content (AvgIpc) is 2.66. The molecule has 1 aromatic rings. The molecule has 1 amide bonds. The number of hydrogen-bond acceptors (Lipinski definition) is 5.